The summed E-state index contributed by atoms with van der Waals surface area (Å²) in [4.78, 5) is 12.3. The number of nitrogens with zero attached hydrogens (tertiary/aromatic N) is 2. The molecule has 1 amide bonds. The Morgan fingerprint density at radius 1 is 1.48 bits per heavy atom. The Kier molecular flexibility index (Phi) is 6.88. The summed E-state index contributed by atoms with van der Waals surface area (Å²) in [6.45, 7) is 5.53. The molecule has 0 spiro atoms. The first kappa shape index (κ1) is 17.8. The molecule has 1 aromatic carbocycles. The van der Waals surface area contributed by atoms with Gasteiger partial charge >= 0.3 is 0 Å². The number of halogens is 1. The molecule has 0 fully saturated rings. The number of amides is 1. The second-order valence-electron chi connectivity index (χ2n) is 4.43. The summed E-state index contributed by atoms with van der Waals surface area (Å²) in [5, 5.41) is 11.8. The number of ether oxygens (including phenoxy) is 1. The van der Waals surface area contributed by atoms with E-state index >= 15 is 0 Å². The zero-order valence-corrected chi connectivity index (χ0v) is 14.9. The molecular formula is C15H16ClN3O2S2. The van der Waals surface area contributed by atoms with Crippen molar-refractivity contribution in [2.24, 2.45) is 0 Å². The molecule has 1 atom stereocenters. The Morgan fingerprint density at radius 3 is 2.87 bits per heavy atom. The minimum Gasteiger partial charge on any atom is -0.481 e. The maximum atomic E-state index is 12.3. The van der Waals surface area contributed by atoms with Gasteiger partial charge in [0.1, 0.15) is 5.75 Å². The van der Waals surface area contributed by atoms with Crippen LogP contribution >= 0.6 is 34.7 Å². The number of carbonyl (C=O) groups excluding carboxylic acids is 1. The van der Waals surface area contributed by atoms with Crippen molar-refractivity contribution >= 4 is 45.7 Å². The first-order valence-electron chi connectivity index (χ1n) is 6.92. The van der Waals surface area contributed by atoms with Gasteiger partial charge < -0.3 is 4.74 Å². The van der Waals surface area contributed by atoms with Crippen LogP contribution in [0.3, 0.4) is 0 Å². The van der Waals surface area contributed by atoms with E-state index in [1.165, 1.54) is 23.1 Å². The van der Waals surface area contributed by atoms with Crippen molar-refractivity contribution in [3.63, 3.8) is 0 Å². The van der Waals surface area contributed by atoms with Crippen LogP contribution in [0.15, 0.2) is 41.3 Å². The van der Waals surface area contributed by atoms with Gasteiger partial charge in [0, 0.05) is 10.8 Å². The largest absolute Gasteiger partial charge is 0.481 e. The monoisotopic (exact) mass is 369 g/mol. The standard InChI is InChI=1S/C15H16ClN3O2S2/c1-3-9-22-15-19-18-14(23-15)17-13(20)12(4-2)21-11-7-5-10(16)6-8-11/h3,5-8,12H,1,4,9H2,2H3,(H,17,18,20)/t12-/m1/s1. The van der Waals surface area contributed by atoms with Crippen molar-refractivity contribution in [3.05, 3.63) is 41.9 Å². The van der Waals surface area contributed by atoms with Crippen LogP contribution in [0.4, 0.5) is 5.13 Å². The average Bonchev–Trinajstić information content (AvgIpc) is 2.99. The highest BCUT2D eigenvalue weighted by Gasteiger charge is 2.20. The molecule has 2 aromatic rings. The SMILES string of the molecule is C=CCSc1nnc(NC(=O)[C@@H](CC)Oc2ccc(Cl)cc2)s1. The van der Waals surface area contributed by atoms with E-state index < -0.39 is 6.10 Å². The molecule has 0 unspecified atom stereocenters. The fourth-order valence-corrected chi connectivity index (χ4v) is 3.28. The van der Waals surface area contributed by atoms with Gasteiger partial charge in [0.05, 0.1) is 0 Å². The molecule has 0 radical (unpaired) electrons. The summed E-state index contributed by atoms with van der Waals surface area (Å²) >= 11 is 8.68. The molecule has 2 rings (SSSR count). The highest BCUT2D eigenvalue weighted by Crippen LogP contribution is 2.26. The molecule has 0 bridgehead atoms. The molecule has 0 aliphatic rings. The van der Waals surface area contributed by atoms with Gasteiger partial charge in [0.2, 0.25) is 5.13 Å². The van der Waals surface area contributed by atoms with E-state index in [0.717, 1.165) is 10.1 Å². The summed E-state index contributed by atoms with van der Waals surface area (Å²) < 4.78 is 6.48. The second kappa shape index (κ2) is 8.90. The maximum Gasteiger partial charge on any atom is 0.267 e. The molecule has 23 heavy (non-hydrogen) atoms. The van der Waals surface area contributed by atoms with Crippen molar-refractivity contribution in [1.29, 1.82) is 0 Å². The molecule has 1 heterocycles. The predicted octanol–water partition coefficient (Wildman–Crippen LogP) is 4.27. The number of aromatic nitrogens is 2. The first-order valence-corrected chi connectivity index (χ1v) is 9.10. The van der Waals surface area contributed by atoms with Crippen molar-refractivity contribution < 1.29 is 9.53 Å². The van der Waals surface area contributed by atoms with E-state index in [-0.39, 0.29) is 5.91 Å². The van der Waals surface area contributed by atoms with Crippen molar-refractivity contribution in [1.82, 2.24) is 10.2 Å². The number of benzene rings is 1. The maximum absolute atomic E-state index is 12.3. The third-order valence-electron chi connectivity index (χ3n) is 2.72. The Hall–Kier alpha value is -1.57. The van der Waals surface area contributed by atoms with Crippen LogP contribution in [-0.4, -0.2) is 28.0 Å². The van der Waals surface area contributed by atoms with Gasteiger partial charge in [-0.1, -0.05) is 47.7 Å². The minimum absolute atomic E-state index is 0.251. The lowest BCUT2D eigenvalue weighted by molar-refractivity contribution is -0.122. The van der Waals surface area contributed by atoms with Crippen LogP contribution in [0.2, 0.25) is 5.02 Å². The number of carbonyl (C=O) groups is 1. The minimum atomic E-state index is -0.607. The van der Waals surface area contributed by atoms with Crippen molar-refractivity contribution in [2.75, 3.05) is 11.1 Å². The number of hydrogen-bond donors (Lipinski definition) is 1. The smallest absolute Gasteiger partial charge is 0.267 e. The molecular weight excluding hydrogens is 354 g/mol. The predicted molar refractivity (Wildman–Crippen MR) is 95.6 cm³/mol. The molecule has 0 aliphatic heterocycles. The number of anilines is 1. The normalized spacial score (nSPS) is 11.7. The van der Waals surface area contributed by atoms with E-state index in [9.17, 15) is 4.79 Å². The van der Waals surface area contributed by atoms with Gasteiger partial charge in [-0.2, -0.15) is 0 Å². The average molecular weight is 370 g/mol. The van der Waals surface area contributed by atoms with Gasteiger partial charge in [0.15, 0.2) is 10.4 Å². The summed E-state index contributed by atoms with van der Waals surface area (Å²) in [6.07, 6.45) is 1.72. The Balaban J connectivity index is 1.95. The summed E-state index contributed by atoms with van der Waals surface area (Å²) in [6, 6.07) is 6.89. The van der Waals surface area contributed by atoms with Crippen LogP contribution in [0.25, 0.3) is 0 Å². The quantitative estimate of drug-likeness (QED) is 0.427. The van der Waals surface area contributed by atoms with Crippen LogP contribution in [0.5, 0.6) is 5.75 Å². The fourth-order valence-electron chi connectivity index (χ4n) is 1.63. The lowest BCUT2D eigenvalue weighted by Crippen LogP contribution is -2.32. The topological polar surface area (TPSA) is 64.1 Å². The Labute approximate surface area is 148 Å². The van der Waals surface area contributed by atoms with Crippen molar-refractivity contribution in [2.45, 2.75) is 23.8 Å². The number of nitrogens with one attached hydrogen (secondary N) is 1. The molecule has 1 aromatic heterocycles. The van der Waals surface area contributed by atoms with Crippen LogP contribution in [0.1, 0.15) is 13.3 Å². The lowest BCUT2D eigenvalue weighted by atomic mass is 10.2. The summed E-state index contributed by atoms with van der Waals surface area (Å²) in [7, 11) is 0. The van der Waals surface area contributed by atoms with Gasteiger partial charge in [-0.25, -0.2) is 0 Å². The van der Waals surface area contributed by atoms with Crippen LogP contribution in [-0.2, 0) is 4.79 Å². The van der Waals surface area contributed by atoms with E-state index in [1.807, 2.05) is 6.92 Å². The fraction of sp³-hybridized carbons (Fsp3) is 0.267. The van der Waals surface area contributed by atoms with E-state index in [1.54, 1.807) is 30.3 Å². The third-order valence-corrected chi connectivity index (χ3v) is 4.94. The molecule has 122 valence electrons. The number of rotatable bonds is 8. The van der Waals surface area contributed by atoms with E-state index in [0.29, 0.717) is 22.3 Å². The summed E-state index contributed by atoms with van der Waals surface area (Å²) in [5.74, 6) is 1.09. The van der Waals surface area contributed by atoms with Gasteiger partial charge in [-0.3, -0.25) is 10.1 Å². The van der Waals surface area contributed by atoms with Crippen LogP contribution in [0, 0.1) is 0 Å². The van der Waals surface area contributed by atoms with Gasteiger partial charge in [-0.15, -0.1) is 16.8 Å². The van der Waals surface area contributed by atoms with E-state index in [2.05, 4.69) is 22.1 Å². The van der Waals surface area contributed by atoms with Crippen molar-refractivity contribution in [3.8, 4) is 5.75 Å². The van der Waals surface area contributed by atoms with Gasteiger partial charge in [-0.05, 0) is 30.7 Å². The Morgan fingerprint density at radius 2 is 2.22 bits per heavy atom. The highest BCUT2D eigenvalue weighted by molar-refractivity contribution is 8.01. The molecule has 0 saturated heterocycles. The zero-order chi connectivity index (χ0) is 16.7. The number of hydrogen-bond acceptors (Lipinski definition) is 6. The lowest BCUT2D eigenvalue weighted by Gasteiger charge is -2.16. The zero-order valence-electron chi connectivity index (χ0n) is 12.5. The second-order valence-corrected chi connectivity index (χ2v) is 7.11. The molecule has 0 saturated carbocycles. The first-order chi connectivity index (χ1) is 11.1. The molecule has 8 heteroatoms. The van der Waals surface area contributed by atoms with Gasteiger partial charge in [0.25, 0.3) is 5.91 Å². The highest BCUT2D eigenvalue weighted by atomic mass is 35.5. The number of thioether (sulfide) groups is 1. The van der Waals surface area contributed by atoms with Crippen LogP contribution < -0.4 is 10.1 Å². The molecule has 0 aliphatic carbocycles. The molecule has 5 nitrogen and oxygen atoms in total. The third kappa shape index (κ3) is 5.53. The Bertz CT molecular complexity index is 661. The molecule has 1 N–H and O–H groups in total. The van der Waals surface area contributed by atoms with E-state index in [4.69, 9.17) is 16.3 Å². The summed E-state index contributed by atoms with van der Waals surface area (Å²) in [5.41, 5.74) is 0.